The van der Waals surface area contributed by atoms with E-state index in [9.17, 15) is 26.0 Å². The Kier molecular flexibility index (Phi) is 4.45. The van der Waals surface area contributed by atoms with Crippen LogP contribution >= 0.6 is 0 Å². The Bertz CT molecular complexity index is 1060. The number of rotatable bonds is 4. The maximum atomic E-state index is 13.8. The molecule has 0 spiro atoms. The summed E-state index contributed by atoms with van der Waals surface area (Å²) in [4.78, 5) is -1.75. The van der Waals surface area contributed by atoms with Crippen LogP contribution in [0.5, 0.6) is 0 Å². The van der Waals surface area contributed by atoms with Crippen LogP contribution in [0.1, 0.15) is 5.56 Å². The van der Waals surface area contributed by atoms with E-state index in [0.717, 1.165) is 0 Å². The summed E-state index contributed by atoms with van der Waals surface area (Å²) < 4.78 is 80.5. The Morgan fingerprint density at radius 1 is 1.00 bits per heavy atom. The van der Waals surface area contributed by atoms with Gasteiger partial charge in [0.1, 0.15) is 0 Å². The molecule has 2 N–H and O–H groups in total. The van der Waals surface area contributed by atoms with Gasteiger partial charge in [0.15, 0.2) is 34.0 Å². The second-order valence-corrected chi connectivity index (χ2v) is 6.96. The molecule has 26 heavy (non-hydrogen) atoms. The average molecular weight is 385 g/mol. The molecule has 0 amide bonds. The minimum absolute atomic E-state index is 0.0724. The summed E-state index contributed by atoms with van der Waals surface area (Å²) in [6, 6.07) is 8.68. The molecular weight excluding hydrogens is 374 g/mol. The lowest BCUT2D eigenvalue weighted by molar-refractivity contribution is 0.420. The highest BCUT2D eigenvalue weighted by atomic mass is 32.2. The number of benzene rings is 2. The van der Waals surface area contributed by atoms with Gasteiger partial charge in [0, 0.05) is 11.6 Å². The van der Waals surface area contributed by atoms with Crippen LogP contribution in [0, 0.1) is 30.2 Å². The summed E-state index contributed by atoms with van der Waals surface area (Å²) >= 11 is 0. The highest BCUT2D eigenvalue weighted by molar-refractivity contribution is 7.92. The zero-order valence-corrected chi connectivity index (χ0v) is 14.0. The fourth-order valence-corrected chi connectivity index (χ4v) is 3.57. The Morgan fingerprint density at radius 2 is 1.58 bits per heavy atom. The van der Waals surface area contributed by atoms with Gasteiger partial charge in [-0.3, -0.25) is 9.82 Å². The standard InChI is InChI=1S/C16H11F4N3O2S/c1-8-14(9-5-3-2-4-6-9)21-22-16(8)23-26(24,25)15-12(19)10(17)7-11(18)13(15)20/h2-7H,1H3,(H2,21,22,23). The van der Waals surface area contributed by atoms with E-state index < -0.39 is 38.2 Å². The Balaban J connectivity index is 2.04. The molecule has 0 aliphatic carbocycles. The van der Waals surface area contributed by atoms with E-state index >= 15 is 0 Å². The van der Waals surface area contributed by atoms with E-state index in [1.54, 1.807) is 30.3 Å². The maximum absolute atomic E-state index is 13.8. The lowest BCUT2D eigenvalue weighted by Crippen LogP contribution is -2.19. The molecule has 10 heteroatoms. The van der Waals surface area contributed by atoms with Crippen molar-refractivity contribution < 1.29 is 26.0 Å². The Labute approximate surface area is 145 Å². The molecule has 0 aliphatic rings. The number of H-pyrrole nitrogens is 1. The molecule has 0 radical (unpaired) electrons. The number of hydrogen-bond donors (Lipinski definition) is 2. The molecule has 0 fully saturated rings. The lowest BCUT2D eigenvalue weighted by atomic mass is 10.1. The van der Waals surface area contributed by atoms with Crippen molar-refractivity contribution in [3.05, 3.63) is 65.2 Å². The first-order valence-corrected chi connectivity index (χ1v) is 8.67. The van der Waals surface area contributed by atoms with Gasteiger partial charge in [0.2, 0.25) is 0 Å². The molecule has 1 aromatic heterocycles. The molecule has 5 nitrogen and oxygen atoms in total. The largest absolute Gasteiger partial charge is 0.275 e. The van der Waals surface area contributed by atoms with E-state index in [2.05, 4.69) is 10.2 Å². The van der Waals surface area contributed by atoms with Gasteiger partial charge in [-0.25, -0.2) is 26.0 Å². The number of nitrogens with zero attached hydrogens (tertiary/aromatic N) is 1. The molecule has 0 atom stereocenters. The highest BCUT2D eigenvalue weighted by Gasteiger charge is 2.31. The molecule has 0 unspecified atom stereocenters. The van der Waals surface area contributed by atoms with Crippen molar-refractivity contribution >= 4 is 15.8 Å². The molecular formula is C16H11F4N3O2S. The summed E-state index contributed by atoms with van der Waals surface area (Å²) in [6.07, 6.45) is 0. The molecule has 136 valence electrons. The topological polar surface area (TPSA) is 74.8 Å². The van der Waals surface area contributed by atoms with Crippen molar-refractivity contribution in [1.29, 1.82) is 0 Å². The molecule has 1 heterocycles. The number of sulfonamides is 1. The predicted molar refractivity (Wildman–Crippen MR) is 85.8 cm³/mol. The van der Waals surface area contributed by atoms with Gasteiger partial charge in [0.05, 0.1) is 5.69 Å². The molecule has 0 saturated carbocycles. The summed E-state index contributed by atoms with van der Waals surface area (Å²) in [7, 11) is -4.97. The fraction of sp³-hybridized carbons (Fsp3) is 0.0625. The smallest absolute Gasteiger partial charge is 0.269 e. The zero-order valence-electron chi connectivity index (χ0n) is 13.1. The molecule has 3 rings (SSSR count). The van der Waals surface area contributed by atoms with Gasteiger partial charge in [-0.05, 0) is 12.5 Å². The van der Waals surface area contributed by atoms with Crippen LogP contribution in [-0.4, -0.2) is 18.6 Å². The van der Waals surface area contributed by atoms with Crippen LogP contribution < -0.4 is 4.72 Å². The van der Waals surface area contributed by atoms with E-state index in [0.29, 0.717) is 16.8 Å². The second kappa shape index (κ2) is 6.45. The quantitative estimate of drug-likeness (QED) is 0.531. The van der Waals surface area contributed by atoms with Crippen LogP contribution in [-0.2, 0) is 10.0 Å². The van der Waals surface area contributed by atoms with Crippen LogP contribution in [0.15, 0.2) is 41.3 Å². The van der Waals surface area contributed by atoms with Crippen molar-refractivity contribution in [3.63, 3.8) is 0 Å². The SMILES string of the molecule is Cc1c(NS(=O)(=O)c2c(F)c(F)cc(F)c2F)n[nH]c1-c1ccccc1. The van der Waals surface area contributed by atoms with Crippen molar-refractivity contribution in [2.75, 3.05) is 4.72 Å². The Morgan fingerprint density at radius 3 is 2.15 bits per heavy atom. The number of nitrogens with one attached hydrogen (secondary N) is 2. The summed E-state index contributed by atoms with van der Waals surface area (Å²) in [5.74, 6) is -7.95. The zero-order chi connectivity index (χ0) is 19.1. The monoisotopic (exact) mass is 385 g/mol. The third-order valence-electron chi connectivity index (χ3n) is 3.64. The van der Waals surface area contributed by atoms with Gasteiger partial charge >= 0.3 is 0 Å². The molecule has 0 aliphatic heterocycles. The van der Waals surface area contributed by atoms with Crippen molar-refractivity contribution in [3.8, 4) is 11.3 Å². The predicted octanol–water partition coefficient (Wildman–Crippen LogP) is 3.74. The normalized spacial score (nSPS) is 11.6. The second-order valence-electron chi connectivity index (χ2n) is 5.34. The lowest BCUT2D eigenvalue weighted by Gasteiger charge is -2.09. The summed E-state index contributed by atoms with van der Waals surface area (Å²) in [6.45, 7) is 1.52. The van der Waals surface area contributed by atoms with Crippen LogP contribution in [0.4, 0.5) is 23.4 Å². The number of halogens is 4. The fourth-order valence-electron chi connectivity index (χ4n) is 2.35. The maximum Gasteiger partial charge on any atom is 0.269 e. The van der Waals surface area contributed by atoms with Crippen molar-refractivity contribution in [1.82, 2.24) is 10.2 Å². The number of hydrogen-bond acceptors (Lipinski definition) is 3. The van der Waals surface area contributed by atoms with Crippen LogP contribution in [0.3, 0.4) is 0 Å². The first-order chi connectivity index (χ1) is 12.2. The van der Waals surface area contributed by atoms with Gasteiger partial charge < -0.3 is 0 Å². The third kappa shape index (κ3) is 3.03. The van der Waals surface area contributed by atoms with Gasteiger partial charge in [-0.15, -0.1) is 0 Å². The summed E-state index contributed by atoms with van der Waals surface area (Å²) in [5, 5.41) is 6.36. The molecule has 0 saturated heterocycles. The number of aromatic nitrogens is 2. The Hall–Kier alpha value is -2.88. The number of aromatic amines is 1. The first kappa shape index (κ1) is 17.9. The van der Waals surface area contributed by atoms with Gasteiger partial charge in [-0.1, -0.05) is 30.3 Å². The van der Waals surface area contributed by atoms with E-state index in [4.69, 9.17) is 0 Å². The van der Waals surface area contributed by atoms with E-state index in [1.807, 2.05) is 4.72 Å². The minimum Gasteiger partial charge on any atom is -0.275 e. The van der Waals surface area contributed by atoms with Gasteiger partial charge in [-0.2, -0.15) is 5.10 Å². The molecule has 0 bridgehead atoms. The highest BCUT2D eigenvalue weighted by Crippen LogP contribution is 2.29. The summed E-state index contributed by atoms with van der Waals surface area (Å²) in [5.41, 5.74) is 1.49. The third-order valence-corrected chi connectivity index (χ3v) is 5.00. The first-order valence-electron chi connectivity index (χ1n) is 7.18. The van der Waals surface area contributed by atoms with Gasteiger partial charge in [0.25, 0.3) is 10.0 Å². The van der Waals surface area contributed by atoms with Crippen molar-refractivity contribution in [2.45, 2.75) is 11.8 Å². The average Bonchev–Trinajstić information content (AvgIpc) is 2.94. The molecule has 2 aromatic carbocycles. The minimum atomic E-state index is -4.97. The van der Waals surface area contributed by atoms with Crippen LogP contribution in [0.2, 0.25) is 0 Å². The van der Waals surface area contributed by atoms with E-state index in [1.165, 1.54) is 6.92 Å². The molecule has 3 aromatic rings. The van der Waals surface area contributed by atoms with E-state index in [-0.39, 0.29) is 11.9 Å². The van der Waals surface area contributed by atoms with Crippen molar-refractivity contribution in [2.24, 2.45) is 0 Å². The van der Waals surface area contributed by atoms with Crippen LogP contribution in [0.25, 0.3) is 11.3 Å². The number of anilines is 1.